The fraction of sp³-hybridized carbons (Fsp3) is 0.429. The van der Waals surface area contributed by atoms with E-state index in [1.54, 1.807) is 0 Å². The first-order valence-electron chi connectivity index (χ1n) is 6.74. The summed E-state index contributed by atoms with van der Waals surface area (Å²) < 4.78 is 64.4. The highest BCUT2D eigenvalue weighted by atomic mass is 32.2. The monoisotopic (exact) mass is 369 g/mol. The largest absolute Gasteiger partial charge is 0.481 e. The third-order valence-corrected chi connectivity index (χ3v) is 4.64. The van der Waals surface area contributed by atoms with E-state index in [1.807, 2.05) is 0 Å². The second-order valence-electron chi connectivity index (χ2n) is 5.26. The molecule has 24 heavy (non-hydrogen) atoms. The van der Waals surface area contributed by atoms with Gasteiger partial charge in [0.2, 0.25) is 5.91 Å². The Labute approximate surface area is 137 Å². The van der Waals surface area contributed by atoms with Crippen LogP contribution in [-0.4, -0.2) is 46.9 Å². The molecule has 0 saturated carbocycles. The van der Waals surface area contributed by atoms with E-state index in [0.717, 1.165) is 28.8 Å². The Bertz CT molecular complexity index is 652. The van der Waals surface area contributed by atoms with E-state index in [-0.39, 0.29) is 10.6 Å². The molecule has 2 rings (SSSR count). The number of halogens is 5. The lowest BCUT2D eigenvalue weighted by Gasteiger charge is -2.18. The van der Waals surface area contributed by atoms with Crippen LogP contribution in [0.25, 0.3) is 0 Å². The molecule has 1 aromatic rings. The van der Waals surface area contributed by atoms with E-state index in [0.29, 0.717) is 0 Å². The van der Waals surface area contributed by atoms with Crippen molar-refractivity contribution in [3.8, 4) is 0 Å². The van der Waals surface area contributed by atoms with Crippen molar-refractivity contribution in [1.82, 2.24) is 4.90 Å². The maximum Gasteiger partial charge on any atom is 0.394 e. The highest BCUT2D eigenvalue weighted by Gasteiger charge is 2.53. The molecule has 0 bridgehead atoms. The van der Waals surface area contributed by atoms with Crippen molar-refractivity contribution < 1.29 is 36.6 Å². The number of alkyl halides is 3. The third-order valence-electron chi connectivity index (χ3n) is 3.66. The summed E-state index contributed by atoms with van der Waals surface area (Å²) in [4.78, 5) is 24.0. The normalized spacial score (nSPS) is 21.1. The van der Waals surface area contributed by atoms with Gasteiger partial charge < -0.3 is 10.0 Å². The summed E-state index contributed by atoms with van der Waals surface area (Å²) >= 11 is 0.830. The number of amides is 1. The smallest absolute Gasteiger partial charge is 0.394 e. The summed E-state index contributed by atoms with van der Waals surface area (Å²) in [5, 5.41) is 8.89. The van der Waals surface area contributed by atoms with Crippen LogP contribution in [0, 0.1) is 23.5 Å². The molecule has 0 aromatic heterocycles. The molecule has 1 saturated heterocycles. The molecular formula is C14H12F5NO3S. The zero-order valence-electron chi connectivity index (χ0n) is 12.0. The number of thioether (sulfide) groups is 1. The Kier molecular flexibility index (Phi) is 5.36. The van der Waals surface area contributed by atoms with Gasteiger partial charge in [0.15, 0.2) is 11.6 Å². The number of nitrogens with zero attached hydrogens (tertiary/aromatic N) is 1. The van der Waals surface area contributed by atoms with Gasteiger partial charge >= 0.3 is 12.1 Å². The molecule has 1 amide bonds. The first-order valence-corrected chi connectivity index (χ1v) is 7.73. The lowest BCUT2D eigenvalue weighted by molar-refractivity contribution is -0.188. The number of likely N-dealkylation sites (tertiary alicyclic amines) is 1. The zero-order valence-corrected chi connectivity index (χ0v) is 12.8. The Hall–Kier alpha value is -1.84. The van der Waals surface area contributed by atoms with Crippen molar-refractivity contribution in [3.63, 3.8) is 0 Å². The summed E-state index contributed by atoms with van der Waals surface area (Å²) in [5.41, 5.74) is 0. The molecule has 2 atom stereocenters. The lowest BCUT2D eigenvalue weighted by atomic mass is 9.96. The van der Waals surface area contributed by atoms with Gasteiger partial charge in [-0.05, 0) is 18.2 Å². The fourth-order valence-electron chi connectivity index (χ4n) is 2.39. The minimum atomic E-state index is -4.72. The summed E-state index contributed by atoms with van der Waals surface area (Å²) in [6.45, 7) is -1.26. The van der Waals surface area contributed by atoms with Crippen molar-refractivity contribution in [2.45, 2.75) is 11.1 Å². The van der Waals surface area contributed by atoms with Crippen molar-refractivity contribution >= 4 is 23.6 Å². The van der Waals surface area contributed by atoms with Gasteiger partial charge in [0.1, 0.15) is 0 Å². The Morgan fingerprint density at radius 2 is 1.88 bits per heavy atom. The molecule has 1 fully saturated rings. The van der Waals surface area contributed by atoms with Gasteiger partial charge in [-0.2, -0.15) is 13.2 Å². The number of carboxylic acid groups (broad SMARTS) is 1. The first kappa shape index (κ1) is 18.5. The quantitative estimate of drug-likeness (QED) is 0.655. The maximum absolute atomic E-state index is 13.1. The molecule has 0 unspecified atom stereocenters. The van der Waals surface area contributed by atoms with Crippen molar-refractivity contribution in [2.24, 2.45) is 11.8 Å². The van der Waals surface area contributed by atoms with Crippen LogP contribution < -0.4 is 0 Å². The Morgan fingerprint density at radius 1 is 1.21 bits per heavy atom. The molecule has 1 aliphatic rings. The molecule has 10 heteroatoms. The Balaban J connectivity index is 2.00. The van der Waals surface area contributed by atoms with Gasteiger partial charge in [-0.1, -0.05) is 0 Å². The van der Waals surface area contributed by atoms with E-state index in [4.69, 9.17) is 5.11 Å². The molecule has 1 N–H and O–H groups in total. The van der Waals surface area contributed by atoms with Gasteiger partial charge in [-0.25, -0.2) is 8.78 Å². The predicted octanol–water partition coefficient (Wildman–Crippen LogP) is 2.78. The van der Waals surface area contributed by atoms with E-state index < -0.39 is 54.6 Å². The van der Waals surface area contributed by atoms with Gasteiger partial charge in [0.05, 0.1) is 17.6 Å². The SMILES string of the molecule is O=C(O)[C@@H]1CN(C(=O)CSc2ccc(F)c(F)c2)C[C@H]1C(F)(F)F. The number of carbonyl (C=O) groups is 2. The summed E-state index contributed by atoms with van der Waals surface area (Å²) in [5.74, 6) is -8.58. The highest BCUT2D eigenvalue weighted by molar-refractivity contribution is 8.00. The average molecular weight is 369 g/mol. The number of hydrogen-bond donors (Lipinski definition) is 1. The summed E-state index contributed by atoms with van der Waals surface area (Å²) in [6, 6.07) is 2.98. The van der Waals surface area contributed by atoms with Crippen molar-refractivity contribution in [1.29, 1.82) is 0 Å². The minimum absolute atomic E-state index is 0.239. The number of hydrogen-bond acceptors (Lipinski definition) is 3. The van der Waals surface area contributed by atoms with E-state index in [9.17, 15) is 31.5 Å². The molecule has 0 spiro atoms. The molecule has 4 nitrogen and oxygen atoms in total. The van der Waals surface area contributed by atoms with Crippen LogP contribution in [0.3, 0.4) is 0 Å². The molecule has 0 radical (unpaired) electrons. The fourth-order valence-corrected chi connectivity index (χ4v) is 3.22. The van der Waals surface area contributed by atoms with E-state index in [1.165, 1.54) is 6.07 Å². The van der Waals surface area contributed by atoms with Crippen LogP contribution in [0.4, 0.5) is 22.0 Å². The van der Waals surface area contributed by atoms with Crippen LogP contribution in [0.1, 0.15) is 0 Å². The van der Waals surface area contributed by atoms with Crippen LogP contribution in [-0.2, 0) is 9.59 Å². The molecule has 1 aromatic carbocycles. The summed E-state index contributed by atoms with van der Waals surface area (Å²) in [7, 11) is 0. The zero-order chi connectivity index (χ0) is 18.1. The first-order chi connectivity index (χ1) is 11.1. The molecule has 1 aliphatic heterocycles. The maximum atomic E-state index is 13.1. The third kappa shape index (κ3) is 4.16. The number of benzene rings is 1. The van der Waals surface area contributed by atoms with Crippen molar-refractivity contribution in [2.75, 3.05) is 18.8 Å². The molecular weight excluding hydrogens is 357 g/mol. The van der Waals surface area contributed by atoms with Crippen LogP contribution in [0.5, 0.6) is 0 Å². The number of carbonyl (C=O) groups excluding carboxylic acids is 1. The Morgan fingerprint density at radius 3 is 2.38 bits per heavy atom. The van der Waals surface area contributed by atoms with Gasteiger partial charge in [-0.3, -0.25) is 9.59 Å². The van der Waals surface area contributed by atoms with E-state index >= 15 is 0 Å². The second kappa shape index (κ2) is 6.96. The topological polar surface area (TPSA) is 57.6 Å². The van der Waals surface area contributed by atoms with Gasteiger partial charge in [0, 0.05) is 18.0 Å². The number of carboxylic acids is 1. The van der Waals surface area contributed by atoms with E-state index in [2.05, 4.69) is 0 Å². The highest BCUT2D eigenvalue weighted by Crippen LogP contribution is 2.38. The predicted molar refractivity (Wildman–Crippen MR) is 74.3 cm³/mol. The molecule has 132 valence electrons. The standard InChI is InChI=1S/C14H12F5NO3S/c15-10-2-1-7(3-11(10)16)24-6-12(21)20-4-8(13(22)23)9(5-20)14(17,18)19/h1-3,8-9H,4-6H2,(H,22,23)/t8-,9-/m1/s1. The minimum Gasteiger partial charge on any atom is -0.481 e. The number of rotatable bonds is 4. The summed E-state index contributed by atoms with van der Waals surface area (Å²) in [6.07, 6.45) is -4.72. The van der Waals surface area contributed by atoms with Crippen LogP contribution in [0.2, 0.25) is 0 Å². The van der Waals surface area contributed by atoms with Crippen LogP contribution >= 0.6 is 11.8 Å². The second-order valence-corrected chi connectivity index (χ2v) is 6.30. The van der Waals surface area contributed by atoms with Crippen molar-refractivity contribution in [3.05, 3.63) is 29.8 Å². The lowest BCUT2D eigenvalue weighted by Crippen LogP contribution is -2.34. The molecule has 0 aliphatic carbocycles. The molecule has 1 heterocycles. The van der Waals surface area contributed by atoms with Crippen LogP contribution in [0.15, 0.2) is 23.1 Å². The number of aliphatic carboxylic acids is 1. The van der Waals surface area contributed by atoms with Gasteiger partial charge in [-0.15, -0.1) is 11.8 Å². The average Bonchev–Trinajstić information content (AvgIpc) is 2.94. The van der Waals surface area contributed by atoms with Gasteiger partial charge in [0.25, 0.3) is 0 Å².